The predicted octanol–water partition coefficient (Wildman–Crippen LogP) is 2.60. The number of halogens is 2. The highest BCUT2D eigenvalue weighted by Gasteiger charge is 2.26. The number of hydrogen-bond donors (Lipinski definition) is 1. The number of sulfone groups is 1. The molecule has 1 aromatic rings. The minimum absolute atomic E-state index is 0.222. The third-order valence-corrected chi connectivity index (χ3v) is 4.41. The Bertz CT molecular complexity index is 580. The quantitative estimate of drug-likeness (QED) is 0.909. The minimum atomic E-state index is -4.62. The molecule has 0 unspecified atom stereocenters. The van der Waals surface area contributed by atoms with Crippen molar-refractivity contribution in [1.82, 2.24) is 5.32 Å². The molecule has 1 N–H and O–H groups in total. The average Bonchev–Trinajstić information content (AvgIpc) is 2.38. The molecule has 1 aromatic carbocycles. The van der Waals surface area contributed by atoms with Gasteiger partial charge in [0.2, 0.25) is 9.84 Å². The zero-order chi connectivity index (χ0) is 15.6. The van der Waals surface area contributed by atoms with Gasteiger partial charge in [-0.25, -0.2) is 8.42 Å². The fraction of sp³-hybridized carbons (Fsp3) is 0.462. The largest absolute Gasteiger partial charge is 0.347 e. The van der Waals surface area contributed by atoms with Gasteiger partial charge in [-0.15, -0.1) is 0 Å². The zero-order valence-electron chi connectivity index (χ0n) is 11.5. The Labute approximate surface area is 117 Å². The van der Waals surface area contributed by atoms with E-state index in [1.54, 1.807) is 0 Å². The molecule has 0 aliphatic carbocycles. The summed E-state index contributed by atoms with van der Waals surface area (Å²) in [7, 11) is -4.62. The van der Waals surface area contributed by atoms with Crippen LogP contribution in [0, 0.1) is 0 Å². The van der Waals surface area contributed by atoms with E-state index in [1.807, 2.05) is 20.8 Å². The van der Waals surface area contributed by atoms with Gasteiger partial charge >= 0.3 is 5.76 Å². The molecule has 0 aliphatic rings. The molecule has 0 aromatic heterocycles. The third kappa shape index (κ3) is 3.75. The van der Waals surface area contributed by atoms with Gasteiger partial charge in [-0.05, 0) is 44.5 Å². The van der Waals surface area contributed by atoms with Crippen LogP contribution in [0.3, 0.4) is 0 Å². The van der Waals surface area contributed by atoms with E-state index in [4.69, 9.17) is 0 Å². The molecule has 112 valence electrons. The van der Waals surface area contributed by atoms with Crippen molar-refractivity contribution in [2.24, 2.45) is 0 Å². The first kappa shape index (κ1) is 16.6. The molecule has 0 spiro atoms. The lowest BCUT2D eigenvalue weighted by Gasteiger charge is -2.24. The van der Waals surface area contributed by atoms with Crippen LogP contribution < -0.4 is 5.32 Å². The number of carbonyl (C=O) groups excluding carboxylic acids is 1. The first-order valence-corrected chi connectivity index (χ1v) is 7.59. The number of benzene rings is 1. The normalized spacial score (nSPS) is 12.5. The molecule has 0 radical (unpaired) electrons. The van der Waals surface area contributed by atoms with Gasteiger partial charge in [0, 0.05) is 11.1 Å². The Hall–Kier alpha value is -1.50. The molecular weight excluding hydrogens is 288 g/mol. The van der Waals surface area contributed by atoms with Crippen molar-refractivity contribution >= 4 is 15.7 Å². The highest BCUT2D eigenvalue weighted by atomic mass is 32.2. The highest BCUT2D eigenvalue weighted by Crippen LogP contribution is 2.19. The number of alkyl halides is 2. The fourth-order valence-corrected chi connectivity index (χ4v) is 2.09. The van der Waals surface area contributed by atoms with E-state index in [0.717, 1.165) is 18.6 Å². The summed E-state index contributed by atoms with van der Waals surface area (Å²) in [5.41, 5.74) is -0.176. The van der Waals surface area contributed by atoms with E-state index in [9.17, 15) is 22.0 Å². The highest BCUT2D eigenvalue weighted by molar-refractivity contribution is 7.91. The topological polar surface area (TPSA) is 63.2 Å². The van der Waals surface area contributed by atoms with Crippen LogP contribution in [-0.4, -0.2) is 25.6 Å². The molecule has 0 aliphatic heterocycles. The summed E-state index contributed by atoms with van der Waals surface area (Å²) in [6.07, 6.45) is 0.719. The maximum atomic E-state index is 12.4. The summed E-state index contributed by atoms with van der Waals surface area (Å²) in [6.45, 7) is 5.61. The van der Waals surface area contributed by atoms with Crippen LogP contribution in [0.15, 0.2) is 29.2 Å². The van der Waals surface area contributed by atoms with Crippen LogP contribution in [0.2, 0.25) is 0 Å². The minimum Gasteiger partial charge on any atom is -0.347 e. The number of amides is 1. The van der Waals surface area contributed by atoms with Crippen LogP contribution in [0.5, 0.6) is 0 Å². The molecular formula is C13H17F2NO3S. The molecule has 0 fully saturated rings. The summed E-state index contributed by atoms with van der Waals surface area (Å²) < 4.78 is 47.2. The maximum absolute atomic E-state index is 12.4. The lowest BCUT2D eigenvalue weighted by molar-refractivity contribution is 0.0911. The third-order valence-electron chi connectivity index (χ3n) is 3.02. The standard InChI is InChI=1S/C13H17F2NO3S/c1-4-13(2,3)16-11(17)9-5-7-10(8-6-9)20(18,19)12(14)15/h5-8,12H,4H2,1-3H3,(H,16,17). The van der Waals surface area contributed by atoms with Crippen molar-refractivity contribution in [2.75, 3.05) is 0 Å². The van der Waals surface area contributed by atoms with E-state index >= 15 is 0 Å². The predicted molar refractivity (Wildman–Crippen MR) is 71.5 cm³/mol. The Morgan fingerprint density at radius 2 is 1.75 bits per heavy atom. The van der Waals surface area contributed by atoms with Gasteiger partial charge in [-0.1, -0.05) is 6.92 Å². The van der Waals surface area contributed by atoms with E-state index in [1.165, 1.54) is 12.1 Å². The number of rotatable bonds is 5. The molecule has 0 heterocycles. The van der Waals surface area contributed by atoms with E-state index in [0.29, 0.717) is 0 Å². The lowest BCUT2D eigenvalue weighted by Crippen LogP contribution is -2.42. The molecule has 1 amide bonds. The van der Waals surface area contributed by atoms with Gasteiger partial charge < -0.3 is 5.32 Å². The van der Waals surface area contributed by atoms with Crippen molar-refractivity contribution in [1.29, 1.82) is 0 Å². The van der Waals surface area contributed by atoms with Gasteiger partial charge in [0.25, 0.3) is 5.91 Å². The van der Waals surface area contributed by atoms with Crippen LogP contribution in [-0.2, 0) is 9.84 Å². The van der Waals surface area contributed by atoms with Crippen LogP contribution in [0.4, 0.5) is 8.78 Å². The molecule has 0 bridgehead atoms. The molecule has 20 heavy (non-hydrogen) atoms. The van der Waals surface area contributed by atoms with Gasteiger partial charge in [0.15, 0.2) is 0 Å². The van der Waals surface area contributed by atoms with E-state index in [2.05, 4.69) is 5.32 Å². The summed E-state index contributed by atoms with van der Waals surface area (Å²) in [4.78, 5) is 11.4. The van der Waals surface area contributed by atoms with Crippen molar-refractivity contribution in [3.05, 3.63) is 29.8 Å². The zero-order valence-corrected chi connectivity index (χ0v) is 12.3. The molecule has 0 atom stereocenters. The van der Waals surface area contributed by atoms with Crippen molar-refractivity contribution in [2.45, 2.75) is 43.4 Å². The second-order valence-electron chi connectivity index (χ2n) is 5.02. The lowest BCUT2D eigenvalue weighted by atomic mass is 10.0. The number of nitrogens with one attached hydrogen (secondary N) is 1. The maximum Gasteiger partial charge on any atom is 0.341 e. The smallest absolute Gasteiger partial charge is 0.341 e. The Morgan fingerprint density at radius 3 is 2.15 bits per heavy atom. The summed E-state index contributed by atoms with van der Waals surface area (Å²) >= 11 is 0. The van der Waals surface area contributed by atoms with E-state index in [-0.39, 0.29) is 11.5 Å². The van der Waals surface area contributed by atoms with Gasteiger partial charge in [0.1, 0.15) is 0 Å². The van der Waals surface area contributed by atoms with Gasteiger partial charge in [-0.3, -0.25) is 4.79 Å². The molecule has 0 saturated heterocycles. The SMILES string of the molecule is CCC(C)(C)NC(=O)c1ccc(S(=O)(=O)C(F)F)cc1. The summed E-state index contributed by atoms with van der Waals surface area (Å²) in [6, 6.07) is 4.46. The Morgan fingerprint density at radius 1 is 1.25 bits per heavy atom. The van der Waals surface area contributed by atoms with E-state index < -0.39 is 26.0 Å². The van der Waals surface area contributed by atoms with Crippen LogP contribution in [0.25, 0.3) is 0 Å². The summed E-state index contributed by atoms with van der Waals surface area (Å²) in [5, 5.41) is 2.77. The van der Waals surface area contributed by atoms with Gasteiger partial charge in [0.05, 0.1) is 4.90 Å². The summed E-state index contributed by atoms with van der Waals surface area (Å²) in [5.74, 6) is -3.85. The number of carbonyl (C=O) groups is 1. The monoisotopic (exact) mass is 305 g/mol. The van der Waals surface area contributed by atoms with Crippen LogP contribution >= 0.6 is 0 Å². The second-order valence-corrected chi connectivity index (χ2v) is 6.94. The molecule has 0 saturated carbocycles. The van der Waals surface area contributed by atoms with Crippen molar-refractivity contribution < 1.29 is 22.0 Å². The molecule has 7 heteroatoms. The number of hydrogen-bond acceptors (Lipinski definition) is 3. The van der Waals surface area contributed by atoms with Crippen molar-refractivity contribution in [3.8, 4) is 0 Å². The van der Waals surface area contributed by atoms with Crippen LogP contribution in [0.1, 0.15) is 37.6 Å². The van der Waals surface area contributed by atoms with Crippen molar-refractivity contribution in [3.63, 3.8) is 0 Å². The van der Waals surface area contributed by atoms with Gasteiger partial charge in [-0.2, -0.15) is 8.78 Å². The second kappa shape index (κ2) is 5.87. The Kier molecular flexibility index (Phi) is 4.86. The molecule has 4 nitrogen and oxygen atoms in total. The molecule has 1 rings (SSSR count). The fourth-order valence-electron chi connectivity index (χ4n) is 1.37. The first-order valence-electron chi connectivity index (χ1n) is 6.05. The Balaban J connectivity index is 2.96. The first-order chi connectivity index (χ1) is 9.10. The average molecular weight is 305 g/mol.